The number of aryl methyl sites for hydroxylation is 1. The number of nitrogens with one attached hydrogen (secondary N) is 2. The van der Waals surface area contributed by atoms with Gasteiger partial charge in [0.05, 0.1) is 28.4 Å². The van der Waals surface area contributed by atoms with Gasteiger partial charge in [0.2, 0.25) is 0 Å². The summed E-state index contributed by atoms with van der Waals surface area (Å²) in [6.45, 7) is 7.57. The molecule has 1 aromatic heterocycles. The third kappa shape index (κ3) is 4.86. The molecule has 1 aromatic carbocycles. The van der Waals surface area contributed by atoms with Crippen LogP contribution in [-0.4, -0.2) is 51.3 Å². The van der Waals surface area contributed by atoms with E-state index >= 15 is 0 Å². The van der Waals surface area contributed by atoms with Crippen LogP contribution in [0.15, 0.2) is 24.3 Å². The second kappa shape index (κ2) is 9.14. The molecule has 2 fully saturated rings. The molecule has 174 valence electrons. The van der Waals surface area contributed by atoms with E-state index in [0.717, 1.165) is 36.9 Å². The maximum Gasteiger partial charge on any atom is 0.254 e. The SMILES string of the molecule is Cc1cc(-c2ccc(Cl)c(C(=O)NC(O)C3CCCC(C)(C)C3)c2)nn1C1CNCC1O. The fourth-order valence-electron chi connectivity index (χ4n) is 5.08. The van der Waals surface area contributed by atoms with Crippen molar-refractivity contribution in [2.24, 2.45) is 11.3 Å². The summed E-state index contributed by atoms with van der Waals surface area (Å²) < 4.78 is 1.84. The van der Waals surface area contributed by atoms with Gasteiger partial charge in [0.15, 0.2) is 0 Å². The fraction of sp³-hybridized carbons (Fsp3) is 0.583. The highest BCUT2D eigenvalue weighted by molar-refractivity contribution is 6.34. The van der Waals surface area contributed by atoms with Crippen molar-refractivity contribution in [2.45, 2.75) is 64.8 Å². The number of nitrogens with zero attached hydrogens (tertiary/aromatic N) is 2. The van der Waals surface area contributed by atoms with Crippen molar-refractivity contribution in [1.82, 2.24) is 20.4 Å². The highest BCUT2D eigenvalue weighted by atomic mass is 35.5. The van der Waals surface area contributed by atoms with Crippen LogP contribution in [0.3, 0.4) is 0 Å². The molecule has 0 bridgehead atoms. The molecule has 2 heterocycles. The van der Waals surface area contributed by atoms with E-state index in [1.807, 2.05) is 23.7 Å². The summed E-state index contributed by atoms with van der Waals surface area (Å²) in [5.74, 6) is -0.353. The second-order valence-corrected chi connectivity index (χ2v) is 10.4. The second-order valence-electron chi connectivity index (χ2n) is 10.0. The predicted molar refractivity (Wildman–Crippen MR) is 125 cm³/mol. The van der Waals surface area contributed by atoms with Crippen LogP contribution in [0.1, 0.15) is 61.6 Å². The van der Waals surface area contributed by atoms with Crippen LogP contribution in [0.25, 0.3) is 11.3 Å². The first kappa shape index (κ1) is 23.2. The Morgan fingerprint density at radius 3 is 2.81 bits per heavy atom. The lowest BCUT2D eigenvalue weighted by molar-refractivity contribution is 0.0232. The number of aliphatic hydroxyl groups excluding tert-OH is 2. The summed E-state index contributed by atoms with van der Waals surface area (Å²) in [5, 5.41) is 31.8. The van der Waals surface area contributed by atoms with E-state index in [9.17, 15) is 15.0 Å². The number of benzene rings is 1. The van der Waals surface area contributed by atoms with Crippen LogP contribution in [0.4, 0.5) is 0 Å². The van der Waals surface area contributed by atoms with Crippen molar-refractivity contribution in [2.75, 3.05) is 13.1 Å². The number of hydrogen-bond acceptors (Lipinski definition) is 5. The van der Waals surface area contributed by atoms with Crippen LogP contribution in [0.2, 0.25) is 5.02 Å². The van der Waals surface area contributed by atoms with Crippen LogP contribution < -0.4 is 10.6 Å². The number of halogens is 1. The summed E-state index contributed by atoms with van der Waals surface area (Å²) in [6, 6.07) is 7.05. The van der Waals surface area contributed by atoms with E-state index in [4.69, 9.17) is 11.6 Å². The minimum atomic E-state index is -0.903. The van der Waals surface area contributed by atoms with E-state index in [1.165, 1.54) is 0 Å². The Morgan fingerprint density at radius 2 is 2.12 bits per heavy atom. The molecule has 32 heavy (non-hydrogen) atoms. The monoisotopic (exact) mass is 460 g/mol. The summed E-state index contributed by atoms with van der Waals surface area (Å²) in [4.78, 5) is 13.0. The molecule has 1 aliphatic carbocycles. The Balaban J connectivity index is 1.52. The molecule has 7 nitrogen and oxygen atoms in total. The highest BCUT2D eigenvalue weighted by Crippen LogP contribution is 2.39. The molecule has 0 radical (unpaired) electrons. The number of aliphatic hydroxyl groups is 2. The fourth-order valence-corrected chi connectivity index (χ4v) is 5.28. The van der Waals surface area contributed by atoms with Gasteiger partial charge in [-0.3, -0.25) is 9.48 Å². The minimum Gasteiger partial charge on any atom is -0.390 e. The first-order chi connectivity index (χ1) is 15.1. The Bertz CT molecular complexity index is 990. The van der Waals surface area contributed by atoms with E-state index in [1.54, 1.807) is 12.1 Å². The van der Waals surface area contributed by atoms with Gasteiger partial charge < -0.3 is 20.8 Å². The van der Waals surface area contributed by atoms with Crippen molar-refractivity contribution in [3.63, 3.8) is 0 Å². The average molecular weight is 461 g/mol. The largest absolute Gasteiger partial charge is 0.390 e. The average Bonchev–Trinajstić information content (AvgIpc) is 3.32. The highest BCUT2D eigenvalue weighted by Gasteiger charge is 2.33. The van der Waals surface area contributed by atoms with E-state index < -0.39 is 12.3 Å². The quantitative estimate of drug-likeness (QED) is 0.513. The lowest BCUT2D eigenvalue weighted by atomic mass is 9.71. The van der Waals surface area contributed by atoms with Gasteiger partial charge >= 0.3 is 0 Å². The number of carbonyl (C=O) groups is 1. The third-order valence-corrected chi connectivity index (χ3v) is 7.19. The lowest BCUT2D eigenvalue weighted by Gasteiger charge is -2.37. The van der Waals surface area contributed by atoms with Gasteiger partial charge in [-0.05, 0) is 49.8 Å². The van der Waals surface area contributed by atoms with Crippen molar-refractivity contribution < 1.29 is 15.0 Å². The molecule has 1 saturated carbocycles. The first-order valence-electron chi connectivity index (χ1n) is 11.4. The van der Waals surface area contributed by atoms with Crippen molar-refractivity contribution >= 4 is 17.5 Å². The molecule has 2 aromatic rings. The van der Waals surface area contributed by atoms with Crippen LogP contribution in [0, 0.1) is 18.3 Å². The number of carbonyl (C=O) groups excluding carboxylic acids is 1. The van der Waals surface area contributed by atoms with Gasteiger partial charge in [-0.1, -0.05) is 37.9 Å². The molecule has 4 N–H and O–H groups in total. The van der Waals surface area contributed by atoms with Crippen LogP contribution >= 0.6 is 11.6 Å². The Labute approximate surface area is 194 Å². The van der Waals surface area contributed by atoms with Gasteiger partial charge in [0.1, 0.15) is 6.23 Å². The number of amides is 1. The first-order valence-corrected chi connectivity index (χ1v) is 11.8. The van der Waals surface area contributed by atoms with Gasteiger partial charge in [0, 0.05) is 30.3 Å². The summed E-state index contributed by atoms with van der Waals surface area (Å²) in [6.07, 6.45) is 2.57. The summed E-state index contributed by atoms with van der Waals surface area (Å²) in [7, 11) is 0. The summed E-state index contributed by atoms with van der Waals surface area (Å²) >= 11 is 6.34. The molecule has 4 unspecified atom stereocenters. The maximum atomic E-state index is 13.0. The maximum absolute atomic E-state index is 13.0. The number of hydrogen-bond donors (Lipinski definition) is 4. The van der Waals surface area contributed by atoms with Gasteiger partial charge in [0.25, 0.3) is 5.91 Å². The van der Waals surface area contributed by atoms with E-state index in [0.29, 0.717) is 29.4 Å². The molecule has 2 aliphatic rings. The molecule has 1 saturated heterocycles. The Kier molecular flexibility index (Phi) is 6.63. The van der Waals surface area contributed by atoms with Crippen molar-refractivity contribution in [1.29, 1.82) is 0 Å². The molecule has 4 atom stereocenters. The molecule has 0 spiro atoms. The van der Waals surface area contributed by atoms with Gasteiger partial charge in [-0.15, -0.1) is 0 Å². The number of β-amino-alcohol motifs (C(OH)–C–C–N with tert-alkyl or cyclic N) is 1. The molecular weight excluding hydrogens is 428 g/mol. The van der Waals surface area contributed by atoms with Crippen LogP contribution in [0.5, 0.6) is 0 Å². The zero-order valence-electron chi connectivity index (χ0n) is 18.9. The molecule has 8 heteroatoms. The zero-order valence-corrected chi connectivity index (χ0v) is 19.7. The van der Waals surface area contributed by atoms with E-state index in [-0.39, 0.29) is 23.3 Å². The standard InChI is InChI=1S/C24H33ClN4O3/c1-14-9-19(28-29(14)20-12-26-13-21(20)30)15-6-7-18(25)17(10-15)23(32)27-22(31)16-5-4-8-24(2,3)11-16/h6-7,9-10,16,20-22,26,30-31H,4-5,8,11-13H2,1-3H3,(H,27,32). The van der Waals surface area contributed by atoms with Crippen LogP contribution in [-0.2, 0) is 0 Å². The predicted octanol–water partition coefficient (Wildman–Crippen LogP) is 3.28. The van der Waals surface area contributed by atoms with E-state index in [2.05, 4.69) is 29.6 Å². The molecule has 1 amide bonds. The van der Waals surface area contributed by atoms with Crippen molar-refractivity contribution in [3.8, 4) is 11.3 Å². The molecule has 1 aliphatic heterocycles. The third-order valence-electron chi connectivity index (χ3n) is 6.86. The molecular formula is C24H33ClN4O3. The zero-order chi connectivity index (χ0) is 23.0. The minimum absolute atomic E-state index is 0.0365. The number of aromatic nitrogens is 2. The Morgan fingerprint density at radius 1 is 1.34 bits per heavy atom. The number of rotatable bonds is 5. The van der Waals surface area contributed by atoms with Crippen molar-refractivity contribution in [3.05, 3.63) is 40.5 Å². The molecule has 4 rings (SSSR count). The topological polar surface area (TPSA) is 99.4 Å². The smallest absolute Gasteiger partial charge is 0.254 e. The van der Waals surface area contributed by atoms with Gasteiger partial charge in [-0.2, -0.15) is 5.10 Å². The Hall–Kier alpha value is -1.93. The lowest BCUT2D eigenvalue weighted by Crippen LogP contribution is -2.43. The van der Waals surface area contributed by atoms with Gasteiger partial charge in [-0.25, -0.2) is 0 Å². The summed E-state index contributed by atoms with van der Waals surface area (Å²) in [5.41, 5.74) is 2.89. The normalized spacial score (nSPS) is 26.1.